The van der Waals surface area contributed by atoms with E-state index < -0.39 is 0 Å². The predicted octanol–water partition coefficient (Wildman–Crippen LogP) is 2.71. The first-order chi connectivity index (χ1) is 9.08. The number of hydrogen-bond donors (Lipinski definition) is 2. The molecule has 2 aromatic rings. The smallest absolute Gasteiger partial charge is 0.274 e. The Morgan fingerprint density at radius 3 is 2.95 bits per heavy atom. The van der Waals surface area contributed by atoms with Crippen LogP contribution >= 0.6 is 11.6 Å². The minimum atomic E-state index is -0.385. The van der Waals surface area contributed by atoms with Crippen molar-refractivity contribution in [2.24, 2.45) is 5.10 Å². The molecule has 1 aromatic heterocycles. The van der Waals surface area contributed by atoms with Crippen molar-refractivity contribution in [1.82, 2.24) is 5.43 Å². The standard InChI is InChI=1S/C13H11ClN2O3/c1-8-11(4-5-19-8)13(18)16-15-7-9-6-10(14)2-3-12(9)17/h2-7,17H,1H3,(H,16,18)/b15-7-. The Morgan fingerprint density at radius 1 is 1.47 bits per heavy atom. The number of amides is 1. The van der Waals surface area contributed by atoms with Crippen molar-refractivity contribution in [1.29, 1.82) is 0 Å². The topological polar surface area (TPSA) is 74.8 Å². The van der Waals surface area contributed by atoms with Crippen molar-refractivity contribution in [3.63, 3.8) is 0 Å². The van der Waals surface area contributed by atoms with Crippen LogP contribution in [0.25, 0.3) is 0 Å². The third kappa shape index (κ3) is 3.14. The Morgan fingerprint density at radius 2 is 2.26 bits per heavy atom. The maximum atomic E-state index is 11.7. The van der Waals surface area contributed by atoms with E-state index in [-0.39, 0.29) is 11.7 Å². The van der Waals surface area contributed by atoms with E-state index in [1.54, 1.807) is 19.1 Å². The Labute approximate surface area is 114 Å². The maximum Gasteiger partial charge on any atom is 0.274 e. The number of phenols is 1. The summed E-state index contributed by atoms with van der Waals surface area (Å²) in [5.41, 5.74) is 3.16. The van der Waals surface area contributed by atoms with Gasteiger partial charge in [-0.2, -0.15) is 5.10 Å². The molecule has 2 rings (SSSR count). The fourth-order valence-corrected chi connectivity index (χ4v) is 1.65. The molecule has 2 N–H and O–H groups in total. The number of phenolic OH excluding ortho intramolecular Hbond substituents is 1. The molecule has 0 bridgehead atoms. The van der Waals surface area contributed by atoms with Gasteiger partial charge in [0.05, 0.1) is 18.0 Å². The molecule has 6 heteroatoms. The van der Waals surface area contributed by atoms with E-state index >= 15 is 0 Å². The molecule has 19 heavy (non-hydrogen) atoms. The average Bonchev–Trinajstić information content (AvgIpc) is 2.80. The van der Waals surface area contributed by atoms with E-state index in [0.29, 0.717) is 21.9 Å². The largest absolute Gasteiger partial charge is 0.507 e. The molecule has 1 aromatic carbocycles. The van der Waals surface area contributed by atoms with Crippen molar-refractivity contribution in [3.8, 4) is 5.75 Å². The van der Waals surface area contributed by atoms with Crippen molar-refractivity contribution in [2.75, 3.05) is 0 Å². The molecule has 0 fully saturated rings. The van der Waals surface area contributed by atoms with Crippen LogP contribution < -0.4 is 5.43 Å². The fourth-order valence-electron chi connectivity index (χ4n) is 1.47. The highest BCUT2D eigenvalue weighted by Gasteiger charge is 2.09. The van der Waals surface area contributed by atoms with Gasteiger partial charge in [-0.05, 0) is 31.2 Å². The number of nitrogens with zero attached hydrogens (tertiary/aromatic N) is 1. The van der Waals surface area contributed by atoms with Gasteiger partial charge in [-0.3, -0.25) is 4.79 Å². The van der Waals surface area contributed by atoms with E-state index in [4.69, 9.17) is 16.0 Å². The van der Waals surface area contributed by atoms with E-state index in [1.807, 2.05) is 0 Å². The van der Waals surface area contributed by atoms with Crippen LogP contribution in [0.15, 0.2) is 40.0 Å². The monoisotopic (exact) mass is 278 g/mol. The van der Waals surface area contributed by atoms with Gasteiger partial charge in [-0.25, -0.2) is 5.43 Å². The molecule has 0 saturated heterocycles. The summed E-state index contributed by atoms with van der Waals surface area (Å²) in [5, 5.41) is 13.8. The second-order valence-corrected chi connectivity index (χ2v) is 4.23. The van der Waals surface area contributed by atoms with E-state index in [2.05, 4.69) is 10.5 Å². The molecule has 5 nitrogen and oxygen atoms in total. The first-order valence-electron chi connectivity index (χ1n) is 5.44. The minimum absolute atomic E-state index is 0.0295. The van der Waals surface area contributed by atoms with Crippen LogP contribution in [0.1, 0.15) is 21.7 Å². The summed E-state index contributed by atoms with van der Waals surface area (Å²) in [7, 11) is 0. The molecule has 0 unspecified atom stereocenters. The highest BCUT2D eigenvalue weighted by atomic mass is 35.5. The van der Waals surface area contributed by atoms with Gasteiger partial charge in [0.2, 0.25) is 0 Å². The van der Waals surface area contributed by atoms with Gasteiger partial charge in [-0.1, -0.05) is 11.6 Å². The van der Waals surface area contributed by atoms with Crippen LogP contribution in [0.5, 0.6) is 5.75 Å². The molecular formula is C13H11ClN2O3. The fraction of sp³-hybridized carbons (Fsp3) is 0.0769. The third-order valence-corrected chi connectivity index (χ3v) is 2.70. The van der Waals surface area contributed by atoms with Crippen molar-refractivity contribution < 1.29 is 14.3 Å². The molecular weight excluding hydrogens is 268 g/mol. The predicted molar refractivity (Wildman–Crippen MR) is 71.6 cm³/mol. The Balaban J connectivity index is 2.06. The average molecular weight is 279 g/mol. The molecule has 0 atom stereocenters. The minimum Gasteiger partial charge on any atom is -0.507 e. The zero-order chi connectivity index (χ0) is 13.8. The summed E-state index contributed by atoms with van der Waals surface area (Å²) in [4.78, 5) is 11.7. The summed E-state index contributed by atoms with van der Waals surface area (Å²) < 4.78 is 5.01. The number of hydrogen-bond acceptors (Lipinski definition) is 4. The Bertz CT molecular complexity index is 635. The summed E-state index contributed by atoms with van der Waals surface area (Å²) >= 11 is 5.79. The van der Waals surface area contributed by atoms with Crippen molar-refractivity contribution in [3.05, 3.63) is 52.4 Å². The third-order valence-electron chi connectivity index (χ3n) is 2.46. The number of nitrogens with one attached hydrogen (secondary N) is 1. The Kier molecular flexibility index (Phi) is 3.87. The number of carbonyl (C=O) groups is 1. The molecule has 0 aliphatic carbocycles. The van der Waals surface area contributed by atoms with Gasteiger partial charge in [0, 0.05) is 10.6 Å². The van der Waals surface area contributed by atoms with Crippen LogP contribution in [0.4, 0.5) is 0 Å². The zero-order valence-corrected chi connectivity index (χ0v) is 10.8. The van der Waals surface area contributed by atoms with E-state index in [9.17, 15) is 9.90 Å². The first-order valence-corrected chi connectivity index (χ1v) is 5.82. The summed E-state index contributed by atoms with van der Waals surface area (Å²) in [6.07, 6.45) is 2.74. The lowest BCUT2D eigenvalue weighted by atomic mass is 10.2. The number of rotatable bonds is 3. The first kappa shape index (κ1) is 13.2. The van der Waals surface area contributed by atoms with Crippen molar-refractivity contribution in [2.45, 2.75) is 6.92 Å². The highest BCUT2D eigenvalue weighted by Crippen LogP contribution is 2.19. The summed E-state index contributed by atoms with van der Waals surface area (Å²) in [6, 6.07) is 6.10. The van der Waals surface area contributed by atoms with Gasteiger partial charge in [-0.15, -0.1) is 0 Å². The highest BCUT2D eigenvalue weighted by molar-refractivity contribution is 6.30. The van der Waals surface area contributed by atoms with Crippen molar-refractivity contribution >= 4 is 23.7 Å². The molecule has 0 spiro atoms. The SMILES string of the molecule is Cc1occc1C(=O)N/N=C\c1cc(Cl)ccc1O. The van der Waals surface area contributed by atoms with Gasteiger partial charge >= 0.3 is 0 Å². The zero-order valence-electron chi connectivity index (χ0n) is 10.1. The lowest BCUT2D eigenvalue weighted by Gasteiger charge is -2.00. The van der Waals surface area contributed by atoms with Crippen LogP contribution in [0, 0.1) is 6.92 Å². The summed E-state index contributed by atoms with van der Waals surface area (Å²) in [5.74, 6) is 0.157. The number of aryl methyl sites for hydroxylation is 1. The number of halogens is 1. The molecule has 0 saturated carbocycles. The van der Waals surface area contributed by atoms with Crippen LogP contribution in [-0.2, 0) is 0 Å². The molecule has 98 valence electrons. The lowest BCUT2D eigenvalue weighted by molar-refractivity contribution is 0.0953. The second-order valence-electron chi connectivity index (χ2n) is 3.79. The number of aromatic hydroxyl groups is 1. The molecule has 0 radical (unpaired) electrons. The van der Waals surface area contributed by atoms with Crippen LogP contribution in [-0.4, -0.2) is 17.2 Å². The van der Waals surface area contributed by atoms with Gasteiger partial charge in [0.25, 0.3) is 5.91 Å². The second kappa shape index (κ2) is 5.58. The number of benzene rings is 1. The lowest BCUT2D eigenvalue weighted by Crippen LogP contribution is -2.17. The number of hydrazone groups is 1. The van der Waals surface area contributed by atoms with Gasteiger partial charge in [0.15, 0.2) is 0 Å². The van der Waals surface area contributed by atoms with E-state index in [0.717, 1.165) is 0 Å². The quantitative estimate of drug-likeness (QED) is 0.669. The molecule has 0 aliphatic heterocycles. The number of furan rings is 1. The molecule has 1 amide bonds. The van der Waals surface area contributed by atoms with Gasteiger partial charge in [0.1, 0.15) is 11.5 Å². The van der Waals surface area contributed by atoms with Crippen LogP contribution in [0.3, 0.4) is 0 Å². The molecule has 0 aliphatic rings. The Hall–Kier alpha value is -2.27. The van der Waals surface area contributed by atoms with Crippen LogP contribution in [0.2, 0.25) is 5.02 Å². The summed E-state index contributed by atoms with van der Waals surface area (Å²) in [6.45, 7) is 1.68. The number of carbonyl (C=O) groups excluding carboxylic acids is 1. The normalized spacial score (nSPS) is 10.8. The van der Waals surface area contributed by atoms with Gasteiger partial charge < -0.3 is 9.52 Å². The van der Waals surface area contributed by atoms with E-state index in [1.165, 1.54) is 24.6 Å². The molecule has 1 heterocycles. The maximum absolute atomic E-state index is 11.7.